The van der Waals surface area contributed by atoms with E-state index in [1.54, 1.807) is 4.90 Å². The molecular formula is C28H38N6O2. The van der Waals surface area contributed by atoms with Crippen molar-refractivity contribution in [1.82, 2.24) is 20.5 Å². The van der Waals surface area contributed by atoms with Crippen molar-refractivity contribution >= 4 is 28.4 Å². The monoisotopic (exact) mass is 490 g/mol. The van der Waals surface area contributed by atoms with Gasteiger partial charge >= 0.3 is 6.03 Å². The van der Waals surface area contributed by atoms with Crippen molar-refractivity contribution in [2.45, 2.75) is 64.6 Å². The van der Waals surface area contributed by atoms with Gasteiger partial charge in [0.05, 0.1) is 11.2 Å². The molecule has 1 unspecified atom stereocenters. The zero-order valence-electron chi connectivity index (χ0n) is 21.2. The first kappa shape index (κ1) is 24.6. The number of hydrogen-bond acceptors (Lipinski definition) is 5. The van der Waals surface area contributed by atoms with Crippen molar-refractivity contribution in [1.29, 1.82) is 0 Å². The Balaban J connectivity index is 1.34. The Morgan fingerprint density at radius 2 is 2.00 bits per heavy atom. The summed E-state index contributed by atoms with van der Waals surface area (Å²) in [5.74, 6) is 0.531. The number of nitrogens with one attached hydrogen (secondary N) is 3. The molecule has 1 saturated heterocycles. The number of fused-ring (bicyclic) bond motifs is 2. The molecule has 5 N–H and O–H groups in total. The molecule has 0 spiro atoms. The number of aryl methyl sites for hydroxylation is 1. The Bertz CT molecular complexity index is 1190. The van der Waals surface area contributed by atoms with Crippen LogP contribution in [0.5, 0.6) is 0 Å². The molecule has 1 fully saturated rings. The van der Waals surface area contributed by atoms with E-state index in [1.165, 1.54) is 10.9 Å². The van der Waals surface area contributed by atoms with Gasteiger partial charge in [-0.15, -0.1) is 0 Å². The van der Waals surface area contributed by atoms with Crippen LogP contribution >= 0.6 is 0 Å². The van der Waals surface area contributed by atoms with Crippen molar-refractivity contribution in [2.24, 2.45) is 11.7 Å². The SMILES string of the molecule is CCCCn1cc(CCN)c2ccc(N3C=C4C=C(CCC(=O)C5CCNCC5)NC4NC3=O)cc21. The molecule has 2 amide bonds. The van der Waals surface area contributed by atoms with Crippen molar-refractivity contribution < 1.29 is 9.59 Å². The van der Waals surface area contributed by atoms with Gasteiger partial charge in [-0.25, -0.2) is 4.79 Å². The third-order valence-electron chi connectivity index (χ3n) is 7.60. The second-order valence-electron chi connectivity index (χ2n) is 10.1. The smallest absolute Gasteiger partial charge is 0.327 e. The number of hydrogen-bond donors (Lipinski definition) is 4. The minimum absolute atomic E-state index is 0.162. The molecular weight excluding hydrogens is 452 g/mol. The van der Waals surface area contributed by atoms with Gasteiger partial charge in [-0.05, 0) is 75.5 Å². The van der Waals surface area contributed by atoms with E-state index in [1.807, 2.05) is 12.3 Å². The number of unbranched alkanes of at least 4 members (excludes halogenated alkanes) is 1. The van der Waals surface area contributed by atoms with Gasteiger partial charge in [0.15, 0.2) is 0 Å². The zero-order valence-corrected chi connectivity index (χ0v) is 21.2. The number of allylic oxidation sites excluding steroid dienone is 1. The zero-order chi connectivity index (χ0) is 25.1. The maximum absolute atomic E-state index is 13.0. The number of piperidine rings is 1. The Morgan fingerprint density at radius 1 is 1.17 bits per heavy atom. The highest BCUT2D eigenvalue weighted by Gasteiger charge is 2.31. The van der Waals surface area contributed by atoms with Crippen LogP contribution in [-0.2, 0) is 17.8 Å². The number of amides is 2. The van der Waals surface area contributed by atoms with E-state index in [0.29, 0.717) is 25.2 Å². The van der Waals surface area contributed by atoms with Crippen LogP contribution in [0, 0.1) is 5.92 Å². The van der Waals surface area contributed by atoms with Crippen LogP contribution in [0.2, 0.25) is 0 Å². The third-order valence-corrected chi connectivity index (χ3v) is 7.60. The first-order chi connectivity index (χ1) is 17.6. The lowest BCUT2D eigenvalue weighted by molar-refractivity contribution is -0.123. The maximum atomic E-state index is 13.0. The Hall–Kier alpha value is -3.10. The molecule has 8 nitrogen and oxygen atoms in total. The highest BCUT2D eigenvalue weighted by atomic mass is 16.2. The number of ketones is 1. The molecule has 2 aromatic rings. The largest absolute Gasteiger partial charge is 0.365 e. The van der Waals surface area contributed by atoms with Crippen LogP contribution in [0.4, 0.5) is 10.5 Å². The Morgan fingerprint density at radius 3 is 2.78 bits per heavy atom. The van der Waals surface area contributed by atoms with E-state index < -0.39 is 0 Å². The average molecular weight is 491 g/mol. The van der Waals surface area contributed by atoms with Crippen molar-refractivity contribution in [2.75, 3.05) is 24.5 Å². The summed E-state index contributed by atoms with van der Waals surface area (Å²) in [6, 6.07) is 6.06. The summed E-state index contributed by atoms with van der Waals surface area (Å²) in [5, 5.41) is 11.0. The van der Waals surface area contributed by atoms with Crippen LogP contribution in [0.3, 0.4) is 0 Å². The fourth-order valence-electron chi connectivity index (χ4n) is 5.54. The lowest BCUT2D eigenvalue weighted by atomic mass is 9.91. The van der Waals surface area contributed by atoms with Gasteiger partial charge in [0.2, 0.25) is 0 Å². The molecule has 0 bridgehead atoms. The van der Waals surface area contributed by atoms with Gasteiger partial charge in [0.1, 0.15) is 11.9 Å². The van der Waals surface area contributed by atoms with E-state index in [9.17, 15) is 9.59 Å². The molecule has 3 aliphatic heterocycles. The average Bonchev–Trinajstić information content (AvgIpc) is 3.46. The summed E-state index contributed by atoms with van der Waals surface area (Å²) in [4.78, 5) is 27.3. The van der Waals surface area contributed by atoms with Gasteiger partial charge in [-0.1, -0.05) is 19.4 Å². The van der Waals surface area contributed by atoms with E-state index >= 15 is 0 Å². The highest BCUT2D eigenvalue weighted by molar-refractivity contribution is 5.98. The molecule has 5 rings (SSSR count). The third kappa shape index (κ3) is 5.06. The number of anilines is 1. The van der Waals surface area contributed by atoms with E-state index in [0.717, 1.165) is 74.2 Å². The number of carbonyl (C=O) groups is 2. The molecule has 36 heavy (non-hydrogen) atoms. The number of urea groups is 1. The van der Waals surface area contributed by atoms with Gasteiger partial charge < -0.3 is 26.3 Å². The molecule has 8 heteroatoms. The van der Waals surface area contributed by atoms with Crippen LogP contribution in [0.15, 0.2) is 47.9 Å². The minimum Gasteiger partial charge on any atom is -0.365 e. The molecule has 1 aromatic carbocycles. The molecule has 1 atom stereocenters. The fourth-order valence-corrected chi connectivity index (χ4v) is 5.54. The topological polar surface area (TPSA) is 104 Å². The molecule has 1 aromatic heterocycles. The normalized spacial score (nSPS) is 20.1. The molecule has 3 aliphatic rings. The molecule has 0 aliphatic carbocycles. The van der Waals surface area contributed by atoms with E-state index in [4.69, 9.17) is 5.73 Å². The van der Waals surface area contributed by atoms with Crippen LogP contribution < -0.4 is 26.6 Å². The van der Waals surface area contributed by atoms with E-state index in [2.05, 4.69) is 51.8 Å². The molecule has 4 heterocycles. The van der Waals surface area contributed by atoms with Gasteiger partial charge in [-0.3, -0.25) is 9.69 Å². The van der Waals surface area contributed by atoms with Crippen molar-refractivity contribution in [3.63, 3.8) is 0 Å². The molecule has 0 radical (unpaired) electrons. The number of rotatable bonds is 10. The summed E-state index contributed by atoms with van der Waals surface area (Å²) >= 11 is 0. The van der Waals surface area contributed by atoms with E-state index in [-0.39, 0.29) is 18.1 Å². The predicted molar refractivity (Wildman–Crippen MR) is 144 cm³/mol. The lowest BCUT2D eigenvalue weighted by Crippen LogP contribution is -2.51. The van der Waals surface area contributed by atoms with Crippen LogP contribution in [0.25, 0.3) is 10.9 Å². The number of aromatic nitrogens is 1. The number of carbonyl (C=O) groups excluding carboxylic acids is 2. The van der Waals surface area contributed by atoms with Gasteiger partial charge in [0, 0.05) is 47.9 Å². The van der Waals surface area contributed by atoms with Crippen molar-refractivity contribution in [3.05, 3.63) is 53.5 Å². The standard InChI is InChI=1S/C28H38N6O2/c1-2-3-14-33-17-20(8-11-29)24-6-5-23(16-25(24)33)34-18-21-15-22(31-27(21)32-28(34)36)4-7-26(35)19-9-12-30-13-10-19/h5-6,15-19,27,30-31H,2-4,7-14,29H2,1H3,(H,32,36). The van der Waals surface area contributed by atoms with Crippen LogP contribution in [0.1, 0.15) is 51.0 Å². The number of nitrogens with zero attached hydrogens (tertiary/aromatic N) is 2. The van der Waals surface area contributed by atoms with Gasteiger partial charge in [0.25, 0.3) is 0 Å². The maximum Gasteiger partial charge on any atom is 0.327 e. The quantitative estimate of drug-likeness (QED) is 0.408. The second-order valence-corrected chi connectivity index (χ2v) is 10.1. The summed E-state index contributed by atoms with van der Waals surface area (Å²) in [7, 11) is 0. The minimum atomic E-state index is -0.244. The predicted octanol–water partition coefficient (Wildman–Crippen LogP) is 3.52. The molecule has 0 saturated carbocycles. The summed E-state index contributed by atoms with van der Waals surface area (Å²) in [6.45, 7) is 5.61. The summed E-state index contributed by atoms with van der Waals surface area (Å²) in [5.41, 5.74) is 11.1. The summed E-state index contributed by atoms with van der Waals surface area (Å²) in [6.07, 6.45) is 12.1. The Kier molecular flexibility index (Phi) is 7.43. The second kappa shape index (κ2) is 10.9. The van der Waals surface area contributed by atoms with Gasteiger partial charge in [-0.2, -0.15) is 0 Å². The lowest BCUT2D eigenvalue weighted by Gasteiger charge is -2.29. The first-order valence-electron chi connectivity index (χ1n) is 13.4. The molecule has 192 valence electrons. The highest BCUT2D eigenvalue weighted by Crippen LogP contribution is 2.31. The Labute approximate surface area is 213 Å². The summed E-state index contributed by atoms with van der Waals surface area (Å²) < 4.78 is 2.29. The van der Waals surface area contributed by atoms with Crippen molar-refractivity contribution in [3.8, 4) is 0 Å². The fraction of sp³-hybridized carbons (Fsp3) is 0.500. The number of benzene rings is 1. The first-order valence-corrected chi connectivity index (χ1v) is 13.4. The number of nitrogens with two attached hydrogens (primary N) is 1. The number of Topliss-reactive ketones (excluding diaryl/α,β-unsaturated/α-hetero) is 1. The van der Waals surface area contributed by atoms with Crippen LogP contribution in [-0.4, -0.2) is 42.2 Å².